The number of hydrogen-bond acceptors (Lipinski definition) is 6. The number of carbonyl (C=O) groups excluding carboxylic acids is 2. The van der Waals surface area contributed by atoms with E-state index in [0.29, 0.717) is 22.8 Å². The molecule has 0 aliphatic rings. The van der Waals surface area contributed by atoms with E-state index in [0.717, 1.165) is 10.0 Å². The number of esters is 1. The number of hydrazone groups is 1. The van der Waals surface area contributed by atoms with Gasteiger partial charge in [-0.05, 0) is 85.3 Å². The number of benzene rings is 3. The summed E-state index contributed by atoms with van der Waals surface area (Å²) in [6.45, 7) is 1.64. The molecule has 3 aromatic rings. The van der Waals surface area contributed by atoms with E-state index in [9.17, 15) is 9.59 Å². The van der Waals surface area contributed by atoms with Crippen LogP contribution in [0.15, 0.2) is 82.4 Å². The molecule has 0 aliphatic carbocycles. The lowest BCUT2D eigenvalue weighted by molar-refractivity contribution is -0.127. The van der Waals surface area contributed by atoms with E-state index in [1.807, 2.05) is 12.1 Å². The van der Waals surface area contributed by atoms with Gasteiger partial charge in [0.2, 0.25) is 0 Å². The normalized spacial score (nSPS) is 11.6. The van der Waals surface area contributed by atoms with Crippen molar-refractivity contribution in [1.29, 1.82) is 0 Å². The Kier molecular flexibility index (Phi) is 7.99. The SMILES string of the molecule is COc1ccc(C(=O)Oc2ccc(/C=N/NC(=O)C(C)Oc3ccc(Br)cc3)cc2)cc1. The number of ether oxygens (including phenoxy) is 3. The first-order chi connectivity index (χ1) is 15.4. The van der Waals surface area contributed by atoms with Gasteiger partial charge in [0.05, 0.1) is 18.9 Å². The topological polar surface area (TPSA) is 86.2 Å². The van der Waals surface area contributed by atoms with Gasteiger partial charge < -0.3 is 14.2 Å². The number of nitrogens with one attached hydrogen (secondary N) is 1. The maximum Gasteiger partial charge on any atom is 0.343 e. The Morgan fingerprint density at radius 1 is 0.906 bits per heavy atom. The van der Waals surface area contributed by atoms with Crippen molar-refractivity contribution in [3.63, 3.8) is 0 Å². The van der Waals surface area contributed by atoms with Crippen LogP contribution in [-0.4, -0.2) is 31.3 Å². The van der Waals surface area contributed by atoms with E-state index < -0.39 is 12.1 Å². The third kappa shape index (κ3) is 6.68. The molecule has 0 heterocycles. The first kappa shape index (κ1) is 23.0. The molecule has 0 fully saturated rings. The molecule has 1 N–H and O–H groups in total. The molecule has 0 saturated heterocycles. The van der Waals surface area contributed by atoms with E-state index in [2.05, 4.69) is 26.5 Å². The van der Waals surface area contributed by atoms with Gasteiger partial charge in [-0.2, -0.15) is 5.10 Å². The summed E-state index contributed by atoms with van der Waals surface area (Å²) in [5.74, 6) is 0.782. The van der Waals surface area contributed by atoms with E-state index in [1.54, 1.807) is 74.7 Å². The summed E-state index contributed by atoms with van der Waals surface area (Å²) in [5, 5.41) is 3.94. The average molecular weight is 497 g/mol. The van der Waals surface area contributed by atoms with E-state index in [-0.39, 0.29) is 5.91 Å². The number of hydrogen-bond donors (Lipinski definition) is 1. The zero-order valence-electron chi connectivity index (χ0n) is 17.4. The standard InChI is InChI=1S/C24H21BrN2O5/c1-16(31-21-13-7-19(25)8-14-21)23(28)27-26-15-17-3-9-22(10-4-17)32-24(29)18-5-11-20(30-2)12-6-18/h3-16H,1-2H3,(H,27,28)/b26-15+. The van der Waals surface area contributed by atoms with Crippen molar-refractivity contribution in [2.24, 2.45) is 5.10 Å². The van der Waals surface area contributed by atoms with Crippen LogP contribution < -0.4 is 19.6 Å². The fourth-order valence-corrected chi connectivity index (χ4v) is 2.81. The van der Waals surface area contributed by atoms with Crippen LogP contribution in [0.25, 0.3) is 0 Å². The maximum absolute atomic E-state index is 12.2. The minimum absolute atomic E-state index is 0.380. The predicted molar refractivity (Wildman–Crippen MR) is 124 cm³/mol. The average Bonchev–Trinajstić information content (AvgIpc) is 2.81. The number of amides is 1. The Morgan fingerprint density at radius 3 is 2.12 bits per heavy atom. The fourth-order valence-electron chi connectivity index (χ4n) is 2.55. The second-order valence-electron chi connectivity index (χ2n) is 6.64. The summed E-state index contributed by atoms with van der Waals surface area (Å²) in [4.78, 5) is 24.3. The van der Waals surface area contributed by atoms with Gasteiger partial charge in [0, 0.05) is 4.47 Å². The van der Waals surface area contributed by atoms with Gasteiger partial charge in [-0.1, -0.05) is 15.9 Å². The summed E-state index contributed by atoms with van der Waals surface area (Å²) in [7, 11) is 1.56. The Bertz CT molecular complexity index is 1080. The van der Waals surface area contributed by atoms with Crippen molar-refractivity contribution in [3.8, 4) is 17.2 Å². The van der Waals surface area contributed by atoms with Crippen molar-refractivity contribution in [3.05, 3.63) is 88.4 Å². The molecule has 3 aromatic carbocycles. The number of rotatable bonds is 8. The van der Waals surface area contributed by atoms with Crippen LogP contribution in [0.3, 0.4) is 0 Å². The van der Waals surface area contributed by atoms with Gasteiger partial charge in [0.25, 0.3) is 5.91 Å². The van der Waals surface area contributed by atoms with Gasteiger partial charge in [0.15, 0.2) is 6.10 Å². The summed E-state index contributed by atoms with van der Waals surface area (Å²) in [6, 6.07) is 20.5. The zero-order chi connectivity index (χ0) is 22.9. The Labute approximate surface area is 194 Å². The highest BCUT2D eigenvalue weighted by Crippen LogP contribution is 2.18. The van der Waals surface area contributed by atoms with Gasteiger partial charge in [-0.15, -0.1) is 0 Å². The lowest BCUT2D eigenvalue weighted by atomic mass is 10.2. The minimum Gasteiger partial charge on any atom is -0.497 e. The van der Waals surface area contributed by atoms with E-state index >= 15 is 0 Å². The number of halogens is 1. The number of methoxy groups -OCH3 is 1. The molecule has 7 nitrogen and oxygen atoms in total. The summed E-state index contributed by atoms with van der Waals surface area (Å²) in [5.41, 5.74) is 3.57. The highest BCUT2D eigenvalue weighted by atomic mass is 79.9. The van der Waals surface area contributed by atoms with Crippen LogP contribution in [-0.2, 0) is 4.79 Å². The van der Waals surface area contributed by atoms with Gasteiger partial charge in [0.1, 0.15) is 17.2 Å². The van der Waals surface area contributed by atoms with Gasteiger partial charge >= 0.3 is 5.97 Å². The maximum atomic E-state index is 12.2. The van der Waals surface area contributed by atoms with Crippen molar-refractivity contribution >= 4 is 34.0 Å². The first-order valence-electron chi connectivity index (χ1n) is 9.66. The molecular weight excluding hydrogens is 476 g/mol. The van der Waals surface area contributed by atoms with E-state index in [1.165, 1.54) is 6.21 Å². The summed E-state index contributed by atoms with van der Waals surface area (Å²) >= 11 is 3.35. The molecule has 0 aliphatic heterocycles. The van der Waals surface area contributed by atoms with Crippen molar-refractivity contribution in [2.45, 2.75) is 13.0 Å². The van der Waals surface area contributed by atoms with Crippen molar-refractivity contribution in [2.75, 3.05) is 7.11 Å². The van der Waals surface area contributed by atoms with Crippen molar-refractivity contribution in [1.82, 2.24) is 5.43 Å². The first-order valence-corrected chi connectivity index (χ1v) is 10.5. The fraction of sp³-hybridized carbons (Fsp3) is 0.125. The molecule has 1 atom stereocenters. The second kappa shape index (κ2) is 11.1. The smallest absolute Gasteiger partial charge is 0.343 e. The van der Waals surface area contributed by atoms with E-state index in [4.69, 9.17) is 14.2 Å². The molecular formula is C24H21BrN2O5. The molecule has 1 amide bonds. The Balaban J connectivity index is 1.49. The third-order valence-corrected chi connectivity index (χ3v) is 4.83. The molecule has 0 spiro atoms. The van der Waals surface area contributed by atoms with Gasteiger partial charge in [-0.25, -0.2) is 10.2 Å². The monoisotopic (exact) mass is 496 g/mol. The molecule has 0 aromatic heterocycles. The molecule has 164 valence electrons. The molecule has 1 unspecified atom stereocenters. The van der Waals surface area contributed by atoms with Crippen LogP contribution in [0.1, 0.15) is 22.8 Å². The molecule has 8 heteroatoms. The molecule has 0 radical (unpaired) electrons. The highest BCUT2D eigenvalue weighted by Gasteiger charge is 2.14. The third-order valence-electron chi connectivity index (χ3n) is 4.30. The largest absolute Gasteiger partial charge is 0.497 e. The van der Waals surface area contributed by atoms with Gasteiger partial charge in [-0.3, -0.25) is 4.79 Å². The lowest BCUT2D eigenvalue weighted by Gasteiger charge is -2.12. The molecule has 3 rings (SSSR count). The van der Waals surface area contributed by atoms with Crippen molar-refractivity contribution < 1.29 is 23.8 Å². The quantitative estimate of drug-likeness (QED) is 0.213. The highest BCUT2D eigenvalue weighted by molar-refractivity contribution is 9.10. The van der Waals surface area contributed by atoms with Crippen LogP contribution in [0.2, 0.25) is 0 Å². The summed E-state index contributed by atoms with van der Waals surface area (Å²) < 4.78 is 16.9. The Hall–Kier alpha value is -3.65. The molecule has 32 heavy (non-hydrogen) atoms. The number of nitrogens with zero attached hydrogens (tertiary/aromatic N) is 1. The van der Waals surface area contributed by atoms with Crippen LogP contribution in [0, 0.1) is 0 Å². The Morgan fingerprint density at radius 2 is 1.50 bits per heavy atom. The van der Waals surface area contributed by atoms with Crippen LogP contribution >= 0.6 is 15.9 Å². The second-order valence-corrected chi connectivity index (χ2v) is 7.55. The number of carbonyl (C=O) groups is 2. The van der Waals surface area contributed by atoms with Crippen LogP contribution in [0.5, 0.6) is 17.2 Å². The minimum atomic E-state index is -0.715. The molecule has 0 saturated carbocycles. The summed E-state index contributed by atoms with van der Waals surface area (Å²) in [6.07, 6.45) is 0.771. The van der Waals surface area contributed by atoms with Crippen LogP contribution in [0.4, 0.5) is 0 Å². The zero-order valence-corrected chi connectivity index (χ0v) is 19.0. The predicted octanol–water partition coefficient (Wildman–Crippen LogP) is 4.59. The lowest BCUT2D eigenvalue weighted by Crippen LogP contribution is -2.33. The molecule has 0 bridgehead atoms.